The first-order valence-corrected chi connectivity index (χ1v) is 13.3. The molecule has 0 saturated heterocycles. The second-order valence-corrected chi connectivity index (χ2v) is 11.1. The van der Waals surface area contributed by atoms with Gasteiger partial charge in [0.25, 0.3) is 0 Å². The molecule has 3 rings (SSSR count). The van der Waals surface area contributed by atoms with Crippen LogP contribution >= 0.6 is 0 Å². The summed E-state index contributed by atoms with van der Waals surface area (Å²) < 4.78 is 19.8. The van der Waals surface area contributed by atoms with E-state index in [9.17, 15) is 13.8 Å². The van der Waals surface area contributed by atoms with Crippen molar-refractivity contribution in [2.24, 2.45) is 0 Å². The summed E-state index contributed by atoms with van der Waals surface area (Å²) in [6.07, 6.45) is 2.06. The Bertz CT molecular complexity index is 1110. The van der Waals surface area contributed by atoms with Gasteiger partial charge in [0, 0.05) is 33.7 Å². The second-order valence-electron chi connectivity index (χ2n) is 9.56. The van der Waals surface area contributed by atoms with Gasteiger partial charge in [-0.3, -0.25) is 9.59 Å². The van der Waals surface area contributed by atoms with E-state index in [1.165, 1.54) is 15.4 Å². The summed E-state index contributed by atoms with van der Waals surface area (Å²) >= 11 is 0. The van der Waals surface area contributed by atoms with Crippen LogP contribution < -0.4 is 10.1 Å². The zero-order valence-corrected chi connectivity index (χ0v) is 23.0. The Labute approximate surface area is 217 Å². The van der Waals surface area contributed by atoms with Gasteiger partial charge >= 0.3 is 0 Å². The van der Waals surface area contributed by atoms with Gasteiger partial charge in [0.1, 0.15) is 16.7 Å². The van der Waals surface area contributed by atoms with Gasteiger partial charge < -0.3 is 19.9 Å². The molecule has 36 heavy (non-hydrogen) atoms. The lowest BCUT2D eigenvalue weighted by Crippen LogP contribution is -2.42. The van der Waals surface area contributed by atoms with Crippen molar-refractivity contribution in [3.05, 3.63) is 58.1 Å². The van der Waals surface area contributed by atoms with Gasteiger partial charge in [0.05, 0.1) is 25.1 Å². The number of aryl methyl sites for hydroxylation is 2. The lowest BCUT2D eigenvalue weighted by molar-refractivity contribution is -0.132. The van der Waals surface area contributed by atoms with E-state index in [1.807, 2.05) is 26.0 Å². The number of benzene rings is 2. The molecule has 2 aromatic rings. The van der Waals surface area contributed by atoms with E-state index in [4.69, 9.17) is 4.74 Å². The number of carbonyl (C=O) groups is 2. The maximum Gasteiger partial charge on any atom is 0.242 e. The minimum absolute atomic E-state index is 0.0895. The summed E-state index contributed by atoms with van der Waals surface area (Å²) in [5.74, 6) is 0.168. The molecule has 0 aliphatic carbocycles. The molecule has 0 fully saturated rings. The quantitative estimate of drug-likeness (QED) is 0.554. The third-order valence-corrected chi connectivity index (χ3v) is 8.26. The molecule has 1 atom stereocenters. The number of rotatable bonds is 9. The van der Waals surface area contributed by atoms with Crippen LogP contribution in [0.4, 0.5) is 0 Å². The molecule has 1 aliphatic heterocycles. The van der Waals surface area contributed by atoms with Crippen LogP contribution in [-0.2, 0) is 40.0 Å². The number of methoxy groups -OCH3 is 1. The molecule has 0 bridgehead atoms. The highest BCUT2D eigenvalue weighted by molar-refractivity contribution is 7.82. The summed E-state index contributed by atoms with van der Waals surface area (Å²) in [4.78, 5) is 29.8. The molecule has 1 unspecified atom stereocenters. The van der Waals surface area contributed by atoms with Crippen LogP contribution in [0.3, 0.4) is 0 Å². The summed E-state index contributed by atoms with van der Waals surface area (Å²) in [5.41, 5.74) is 5.48. The number of ether oxygens (including phenoxy) is 1. The Balaban J connectivity index is 1.50. The van der Waals surface area contributed by atoms with Crippen LogP contribution in [0.1, 0.15) is 27.8 Å². The largest absolute Gasteiger partial charge is 0.497 e. The monoisotopic (exact) mass is 514 g/mol. The number of nitrogens with one attached hydrogen (secondary N) is 1. The Morgan fingerprint density at radius 2 is 1.69 bits per heavy atom. The number of nitrogens with zero attached hydrogens (tertiary/aromatic N) is 3. The van der Waals surface area contributed by atoms with Crippen molar-refractivity contribution in [1.29, 1.82) is 0 Å². The first kappa shape index (κ1) is 27.8. The first-order valence-electron chi connectivity index (χ1n) is 12.2. The molecule has 9 heteroatoms. The number of likely N-dealkylation sites (N-methyl/N-ethyl adjacent to an activating group) is 3. The van der Waals surface area contributed by atoms with Gasteiger partial charge in [-0.2, -0.15) is 0 Å². The summed E-state index contributed by atoms with van der Waals surface area (Å²) in [6, 6.07) is 10.1. The van der Waals surface area contributed by atoms with Crippen molar-refractivity contribution in [3.8, 4) is 5.75 Å². The molecule has 1 N–H and O–H groups in total. The van der Waals surface area contributed by atoms with Crippen molar-refractivity contribution < 1.29 is 18.5 Å². The van der Waals surface area contributed by atoms with Crippen molar-refractivity contribution in [2.45, 2.75) is 38.1 Å². The SMILES string of the molecule is COc1cc(C)c(S(=O)N(C)CC(=O)NCC(=O)N(C)Cc2ccc3c(c2)CCN(C)CC3)c(C)c1. The standard InChI is InChI=1S/C27H38N4O4S/c1-19-13-24(35-6)14-20(2)27(19)36(34)31(5)18-25(32)28-16-26(33)30(4)17-21-7-8-22-9-11-29(3)12-10-23(22)15-21/h7-8,13-15H,9-12,16-18H2,1-6H3,(H,28,32). The molecule has 2 aromatic carbocycles. The normalized spacial score (nSPS) is 14.6. The molecule has 8 nitrogen and oxygen atoms in total. The molecule has 0 saturated carbocycles. The van der Waals surface area contributed by atoms with Crippen LogP contribution in [0.5, 0.6) is 5.75 Å². The van der Waals surface area contributed by atoms with Gasteiger partial charge in [0.15, 0.2) is 0 Å². The highest BCUT2D eigenvalue weighted by atomic mass is 32.2. The highest BCUT2D eigenvalue weighted by Crippen LogP contribution is 2.25. The van der Waals surface area contributed by atoms with Gasteiger partial charge in [-0.1, -0.05) is 18.2 Å². The number of fused-ring (bicyclic) bond motifs is 1. The average Bonchev–Trinajstić information content (AvgIpc) is 3.02. The van der Waals surface area contributed by atoms with E-state index in [0.717, 1.165) is 42.6 Å². The van der Waals surface area contributed by atoms with Crippen LogP contribution in [-0.4, -0.2) is 84.6 Å². The maximum absolute atomic E-state index is 13.1. The van der Waals surface area contributed by atoms with E-state index >= 15 is 0 Å². The molecular formula is C27H38N4O4S. The number of amides is 2. The molecular weight excluding hydrogens is 476 g/mol. The van der Waals surface area contributed by atoms with Gasteiger partial charge in [0.2, 0.25) is 11.8 Å². The number of carbonyl (C=O) groups excluding carboxylic acids is 2. The Morgan fingerprint density at radius 3 is 2.33 bits per heavy atom. The third kappa shape index (κ3) is 7.15. The molecule has 2 amide bonds. The molecule has 0 spiro atoms. The summed E-state index contributed by atoms with van der Waals surface area (Å²) in [5, 5.41) is 2.67. The first-order chi connectivity index (χ1) is 17.1. The maximum atomic E-state index is 13.1. The predicted octanol–water partition coefficient (Wildman–Crippen LogP) is 2.07. The van der Waals surface area contributed by atoms with Gasteiger partial charge in [-0.25, -0.2) is 8.51 Å². The van der Waals surface area contributed by atoms with Crippen molar-refractivity contribution in [3.63, 3.8) is 0 Å². The van der Waals surface area contributed by atoms with E-state index in [-0.39, 0.29) is 24.9 Å². The van der Waals surface area contributed by atoms with Crippen LogP contribution in [0.25, 0.3) is 0 Å². The van der Waals surface area contributed by atoms with Crippen LogP contribution in [0.2, 0.25) is 0 Å². The fourth-order valence-electron chi connectivity index (χ4n) is 4.44. The fraction of sp³-hybridized carbons (Fsp3) is 0.481. The van der Waals surface area contributed by atoms with Crippen molar-refractivity contribution in [2.75, 3.05) is 54.4 Å². The number of hydrogen-bond acceptors (Lipinski definition) is 5. The molecule has 1 aliphatic rings. The minimum Gasteiger partial charge on any atom is -0.497 e. The van der Waals surface area contributed by atoms with Crippen molar-refractivity contribution in [1.82, 2.24) is 19.4 Å². The van der Waals surface area contributed by atoms with Crippen LogP contribution in [0, 0.1) is 13.8 Å². The van der Waals surface area contributed by atoms with E-state index in [0.29, 0.717) is 17.2 Å². The molecule has 196 valence electrons. The highest BCUT2D eigenvalue weighted by Gasteiger charge is 2.20. The average molecular weight is 515 g/mol. The number of hydrogen-bond donors (Lipinski definition) is 1. The molecule has 0 radical (unpaired) electrons. The predicted molar refractivity (Wildman–Crippen MR) is 142 cm³/mol. The van der Waals surface area contributed by atoms with E-state index in [2.05, 4.69) is 35.5 Å². The van der Waals surface area contributed by atoms with E-state index in [1.54, 1.807) is 26.1 Å². The minimum atomic E-state index is -1.52. The van der Waals surface area contributed by atoms with Gasteiger partial charge in [-0.15, -0.1) is 0 Å². The Hall–Kier alpha value is -2.75. The molecule has 1 heterocycles. The zero-order valence-electron chi connectivity index (χ0n) is 22.2. The summed E-state index contributed by atoms with van der Waals surface area (Å²) in [7, 11) is 5.58. The lowest BCUT2D eigenvalue weighted by atomic mass is 10.00. The lowest BCUT2D eigenvalue weighted by Gasteiger charge is -2.20. The Morgan fingerprint density at radius 1 is 1.06 bits per heavy atom. The molecule has 0 aromatic heterocycles. The zero-order chi connectivity index (χ0) is 26.4. The topological polar surface area (TPSA) is 82.2 Å². The summed E-state index contributed by atoms with van der Waals surface area (Å²) in [6.45, 7) is 6.12. The van der Waals surface area contributed by atoms with Crippen LogP contribution in [0.15, 0.2) is 35.2 Å². The Kier molecular flexibility index (Phi) is 9.64. The second kappa shape index (κ2) is 12.5. The van der Waals surface area contributed by atoms with Crippen molar-refractivity contribution >= 4 is 22.8 Å². The fourth-order valence-corrected chi connectivity index (χ4v) is 5.65. The van der Waals surface area contributed by atoms with E-state index < -0.39 is 11.0 Å². The third-order valence-electron chi connectivity index (χ3n) is 6.57. The van der Waals surface area contributed by atoms with Gasteiger partial charge in [-0.05, 0) is 73.7 Å². The smallest absolute Gasteiger partial charge is 0.242 e.